The summed E-state index contributed by atoms with van der Waals surface area (Å²) in [6.07, 6.45) is 3.19. The molecule has 0 aliphatic rings. The molecule has 0 saturated carbocycles. The molecule has 0 aliphatic heterocycles. The van der Waals surface area contributed by atoms with Gasteiger partial charge in [-0.3, -0.25) is 10.1 Å². The number of nitrogens with zero attached hydrogens (tertiary/aromatic N) is 1. The van der Waals surface area contributed by atoms with Crippen LogP contribution >= 0.6 is 11.6 Å². The zero-order chi connectivity index (χ0) is 21.5. The normalized spacial score (nSPS) is 12.9. The fraction of sp³-hybridized carbons (Fsp3) is 0.250. The maximum Gasteiger partial charge on any atom is 0.241 e. The Bertz CT molecular complexity index is 980. The first-order valence-electron chi connectivity index (χ1n) is 9.87. The average molecular weight is 426 g/mol. The van der Waals surface area contributed by atoms with E-state index in [2.05, 4.69) is 15.6 Å². The van der Waals surface area contributed by atoms with Crippen LogP contribution in [0.5, 0.6) is 0 Å². The molecule has 0 saturated heterocycles. The van der Waals surface area contributed by atoms with Gasteiger partial charge in [-0.15, -0.1) is 0 Å². The Balaban J connectivity index is 1.89. The number of rotatable bonds is 8. The molecule has 0 fully saturated rings. The summed E-state index contributed by atoms with van der Waals surface area (Å²) in [6.45, 7) is 1.74. The number of carbonyl (C=O) groups is 1. The van der Waals surface area contributed by atoms with Gasteiger partial charge in [0.15, 0.2) is 0 Å². The number of amides is 1. The van der Waals surface area contributed by atoms with E-state index in [1.807, 2.05) is 42.5 Å². The molecule has 4 nitrogen and oxygen atoms in total. The summed E-state index contributed by atoms with van der Waals surface area (Å²) in [5.41, 5.74) is 3.42. The lowest BCUT2D eigenvalue weighted by molar-refractivity contribution is -0.123. The lowest BCUT2D eigenvalue weighted by Gasteiger charge is -2.26. The third kappa shape index (κ3) is 5.65. The van der Waals surface area contributed by atoms with Crippen LogP contribution in [0.15, 0.2) is 66.9 Å². The Hall–Kier alpha value is -2.76. The van der Waals surface area contributed by atoms with Crippen molar-refractivity contribution in [3.8, 4) is 0 Å². The van der Waals surface area contributed by atoms with Crippen LogP contribution in [-0.4, -0.2) is 17.9 Å². The third-order valence-electron chi connectivity index (χ3n) is 5.10. The molecule has 30 heavy (non-hydrogen) atoms. The number of carbonyl (C=O) groups excluding carboxylic acids is 1. The quantitative estimate of drug-likeness (QED) is 0.503. The van der Waals surface area contributed by atoms with Crippen LogP contribution in [0.2, 0.25) is 5.15 Å². The first-order chi connectivity index (χ1) is 14.5. The second kappa shape index (κ2) is 10.3. The van der Waals surface area contributed by atoms with Crippen molar-refractivity contribution in [1.82, 2.24) is 15.6 Å². The van der Waals surface area contributed by atoms with Crippen molar-refractivity contribution >= 4 is 17.5 Å². The predicted octanol–water partition coefficient (Wildman–Crippen LogP) is 4.93. The van der Waals surface area contributed by atoms with Gasteiger partial charge in [0.2, 0.25) is 5.91 Å². The van der Waals surface area contributed by atoms with E-state index in [4.69, 9.17) is 11.6 Å². The van der Waals surface area contributed by atoms with Gasteiger partial charge in [-0.05, 0) is 54.2 Å². The van der Waals surface area contributed by atoms with Gasteiger partial charge < -0.3 is 5.32 Å². The van der Waals surface area contributed by atoms with Gasteiger partial charge in [-0.1, -0.05) is 60.1 Å². The average Bonchev–Trinajstić information content (AvgIpc) is 2.77. The molecule has 1 aromatic heterocycles. The van der Waals surface area contributed by atoms with Crippen LogP contribution in [0, 0.1) is 12.7 Å². The van der Waals surface area contributed by atoms with Crippen molar-refractivity contribution in [3.05, 3.63) is 100 Å². The number of hydrogen-bond donors (Lipinski definition) is 2. The van der Waals surface area contributed by atoms with Crippen molar-refractivity contribution in [2.24, 2.45) is 0 Å². The van der Waals surface area contributed by atoms with Crippen LogP contribution in [0.3, 0.4) is 0 Å². The number of nitrogens with one attached hydrogen (secondary N) is 2. The molecule has 6 heteroatoms. The monoisotopic (exact) mass is 425 g/mol. The fourth-order valence-corrected chi connectivity index (χ4v) is 3.52. The van der Waals surface area contributed by atoms with Crippen LogP contribution in [0.1, 0.15) is 40.8 Å². The van der Waals surface area contributed by atoms with Crippen LogP contribution in [-0.2, 0) is 11.2 Å². The summed E-state index contributed by atoms with van der Waals surface area (Å²) in [4.78, 5) is 16.8. The highest BCUT2D eigenvalue weighted by Gasteiger charge is 2.24. The standard InChI is InChI=1S/C24H25ClFN3O/c1-16-14-19(10-11-20(16)26)21(12-8-17-9-13-22(25)28-15-17)29-23(24(30)27-2)18-6-4-3-5-7-18/h3-7,9-11,13-15,21,23,29H,8,12H2,1-2H3,(H,27,30)/t21-,23+/m0/s1. The molecule has 0 radical (unpaired) electrons. The second-order valence-corrected chi connectivity index (χ2v) is 7.60. The molecular weight excluding hydrogens is 401 g/mol. The van der Waals surface area contributed by atoms with E-state index in [0.717, 1.165) is 23.1 Å². The molecule has 0 aliphatic carbocycles. The van der Waals surface area contributed by atoms with E-state index in [9.17, 15) is 9.18 Å². The maximum atomic E-state index is 13.9. The molecular formula is C24H25ClFN3O. The summed E-state index contributed by atoms with van der Waals surface area (Å²) in [5.74, 6) is -0.372. The number of pyridine rings is 1. The lowest BCUT2D eigenvalue weighted by atomic mass is 9.95. The summed E-state index contributed by atoms with van der Waals surface area (Å²) in [6, 6.07) is 17.6. The van der Waals surface area contributed by atoms with E-state index in [1.54, 1.807) is 32.3 Å². The Morgan fingerprint density at radius 3 is 2.50 bits per heavy atom. The highest BCUT2D eigenvalue weighted by molar-refractivity contribution is 6.29. The number of benzene rings is 2. The smallest absolute Gasteiger partial charge is 0.241 e. The lowest BCUT2D eigenvalue weighted by Crippen LogP contribution is -2.38. The van der Waals surface area contributed by atoms with Crippen molar-refractivity contribution < 1.29 is 9.18 Å². The van der Waals surface area contributed by atoms with Crippen LogP contribution < -0.4 is 10.6 Å². The number of likely N-dealkylation sites (N-methyl/N-ethyl adjacent to an activating group) is 1. The minimum absolute atomic E-state index is 0.127. The van der Waals surface area contributed by atoms with Crippen molar-refractivity contribution in [2.45, 2.75) is 31.8 Å². The van der Waals surface area contributed by atoms with Crippen molar-refractivity contribution in [2.75, 3.05) is 7.05 Å². The number of hydrogen-bond acceptors (Lipinski definition) is 3. The molecule has 0 bridgehead atoms. The van der Waals surface area contributed by atoms with Gasteiger partial charge in [0.1, 0.15) is 17.0 Å². The molecule has 0 unspecified atom stereocenters. The molecule has 2 N–H and O–H groups in total. The predicted molar refractivity (Wildman–Crippen MR) is 118 cm³/mol. The first kappa shape index (κ1) is 21.9. The molecule has 0 spiro atoms. The number of halogens is 2. The molecule has 156 valence electrons. The molecule has 2 atom stereocenters. The molecule has 1 heterocycles. The number of aryl methyl sites for hydroxylation is 2. The zero-order valence-electron chi connectivity index (χ0n) is 17.0. The zero-order valence-corrected chi connectivity index (χ0v) is 17.8. The van der Waals surface area contributed by atoms with Gasteiger partial charge in [-0.2, -0.15) is 0 Å². The topological polar surface area (TPSA) is 54.0 Å². The Labute approximate surface area is 181 Å². The summed E-state index contributed by atoms with van der Waals surface area (Å²) < 4.78 is 13.9. The molecule has 3 rings (SSSR count). The summed E-state index contributed by atoms with van der Waals surface area (Å²) >= 11 is 5.89. The van der Waals surface area contributed by atoms with E-state index in [1.165, 1.54) is 6.07 Å². The highest BCUT2D eigenvalue weighted by atomic mass is 35.5. The fourth-order valence-electron chi connectivity index (χ4n) is 3.41. The highest BCUT2D eigenvalue weighted by Crippen LogP contribution is 2.26. The van der Waals surface area contributed by atoms with Crippen LogP contribution in [0.4, 0.5) is 4.39 Å². The Morgan fingerprint density at radius 1 is 1.10 bits per heavy atom. The Morgan fingerprint density at radius 2 is 1.87 bits per heavy atom. The van der Waals surface area contributed by atoms with E-state index >= 15 is 0 Å². The van der Waals surface area contributed by atoms with E-state index in [-0.39, 0.29) is 17.8 Å². The first-order valence-corrected chi connectivity index (χ1v) is 10.2. The summed E-state index contributed by atoms with van der Waals surface area (Å²) in [7, 11) is 1.62. The van der Waals surface area contributed by atoms with Gasteiger partial charge in [0.05, 0.1) is 0 Å². The second-order valence-electron chi connectivity index (χ2n) is 7.21. The Kier molecular flexibility index (Phi) is 7.55. The minimum Gasteiger partial charge on any atom is -0.358 e. The maximum absolute atomic E-state index is 13.9. The van der Waals surface area contributed by atoms with Gasteiger partial charge in [-0.25, -0.2) is 9.37 Å². The minimum atomic E-state index is -0.532. The van der Waals surface area contributed by atoms with Crippen molar-refractivity contribution in [3.63, 3.8) is 0 Å². The number of aromatic nitrogens is 1. The van der Waals surface area contributed by atoms with Gasteiger partial charge in [0.25, 0.3) is 0 Å². The molecule has 3 aromatic rings. The van der Waals surface area contributed by atoms with Crippen LogP contribution in [0.25, 0.3) is 0 Å². The largest absolute Gasteiger partial charge is 0.358 e. The van der Waals surface area contributed by atoms with Crippen molar-refractivity contribution in [1.29, 1.82) is 0 Å². The van der Waals surface area contributed by atoms with E-state index < -0.39 is 6.04 Å². The summed E-state index contributed by atoms with van der Waals surface area (Å²) in [5, 5.41) is 6.67. The third-order valence-corrected chi connectivity index (χ3v) is 5.33. The van der Waals surface area contributed by atoms with E-state index in [0.29, 0.717) is 17.1 Å². The van der Waals surface area contributed by atoms with Gasteiger partial charge in [0, 0.05) is 19.3 Å². The molecule has 2 aromatic carbocycles. The van der Waals surface area contributed by atoms with Gasteiger partial charge >= 0.3 is 0 Å². The molecule has 1 amide bonds. The SMILES string of the molecule is CNC(=O)[C@H](N[C@@H](CCc1ccc(Cl)nc1)c1ccc(F)c(C)c1)c1ccccc1.